The van der Waals surface area contributed by atoms with Crippen LogP contribution in [0.3, 0.4) is 0 Å². The van der Waals surface area contributed by atoms with Crippen LogP contribution in [0.4, 0.5) is 0 Å². The Labute approximate surface area is 117 Å². The van der Waals surface area contributed by atoms with E-state index in [-0.39, 0.29) is 11.9 Å². The topological polar surface area (TPSA) is 63.2 Å². The van der Waals surface area contributed by atoms with Crippen molar-refractivity contribution in [3.05, 3.63) is 54.4 Å². The summed E-state index contributed by atoms with van der Waals surface area (Å²) < 4.78 is 5.75. The second kappa shape index (κ2) is 5.71. The van der Waals surface area contributed by atoms with Crippen molar-refractivity contribution in [2.24, 2.45) is 0 Å². The number of amides is 1. The summed E-state index contributed by atoms with van der Waals surface area (Å²) in [6.07, 6.45) is 4.73. The number of nitrogens with one attached hydrogen (secondary N) is 2. The van der Waals surface area contributed by atoms with Crippen molar-refractivity contribution in [3.8, 4) is 11.5 Å². The van der Waals surface area contributed by atoms with Crippen LogP contribution in [0.15, 0.2) is 48.8 Å². The van der Waals surface area contributed by atoms with Crippen molar-refractivity contribution < 1.29 is 9.53 Å². The second-order valence-electron chi connectivity index (χ2n) is 4.65. The van der Waals surface area contributed by atoms with Crippen LogP contribution in [0.25, 0.3) is 0 Å². The fourth-order valence-electron chi connectivity index (χ4n) is 2.13. The number of aromatic nitrogens is 1. The first-order valence-electron chi connectivity index (χ1n) is 6.53. The highest BCUT2D eigenvalue weighted by molar-refractivity contribution is 5.76. The molecule has 0 aliphatic carbocycles. The van der Waals surface area contributed by atoms with E-state index in [0.717, 1.165) is 17.7 Å². The maximum atomic E-state index is 11.1. The van der Waals surface area contributed by atoms with Crippen LogP contribution in [0.5, 0.6) is 11.5 Å². The van der Waals surface area contributed by atoms with E-state index >= 15 is 0 Å². The maximum absolute atomic E-state index is 11.1. The number of rotatable bonds is 3. The van der Waals surface area contributed by atoms with Gasteiger partial charge in [0, 0.05) is 12.6 Å². The number of hydrogen-bond acceptors (Lipinski definition) is 4. The predicted molar refractivity (Wildman–Crippen MR) is 74.0 cm³/mol. The van der Waals surface area contributed by atoms with E-state index in [1.807, 2.05) is 36.4 Å². The Morgan fingerprint density at radius 1 is 1.15 bits per heavy atom. The average Bonchev–Trinajstić information content (AvgIpc) is 2.49. The third-order valence-corrected chi connectivity index (χ3v) is 3.16. The monoisotopic (exact) mass is 269 g/mol. The Balaban J connectivity index is 1.74. The standard InChI is InChI=1S/C15H15N3O2/c19-15-7-6-14(17-18-15)11-8-13(10-16-9-11)20-12-4-2-1-3-5-12/h1-5,8-10,14,17H,6-7H2,(H,18,19). The highest BCUT2D eigenvalue weighted by Gasteiger charge is 2.19. The molecule has 5 heteroatoms. The average molecular weight is 269 g/mol. The molecule has 0 bridgehead atoms. The number of nitrogens with zero attached hydrogens (tertiary/aromatic N) is 1. The van der Waals surface area contributed by atoms with Crippen molar-refractivity contribution in [3.63, 3.8) is 0 Å². The third-order valence-electron chi connectivity index (χ3n) is 3.16. The molecule has 5 nitrogen and oxygen atoms in total. The van der Waals surface area contributed by atoms with Crippen LogP contribution in [0.2, 0.25) is 0 Å². The van der Waals surface area contributed by atoms with Gasteiger partial charge in [0.25, 0.3) is 0 Å². The molecule has 0 radical (unpaired) electrons. The van der Waals surface area contributed by atoms with Gasteiger partial charge in [-0.15, -0.1) is 0 Å². The Hall–Kier alpha value is -2.40. The van der Waals surface area contributed by atoms with Gasteiger partial charge in [0.1, 0.15) is 11.5 Å². The van der Waals surface area contributed by atoms with Gasteiger partial charge in [0.15, 0.2) is 0 Å². The Morgan fingerprint density at radius 2 is 2.00 bits per heavy atom. The summed E-state index contributed by atoms with van der Waals surface area (Å²) in [5.74, 6) is 1.48. The Kier molecular flexibility index (Phi) is 3.60. The van der Waals surface area contributed by atoms with Crippen LogP contribution in [0.1, 0.15) is 24.4 Å². The first-order valence-corrected chi connectivity index (χ1v) is 6.53. The van der Waals surface area contributed by atoms with Crippen molar-refractivity contribution >= 4 is 5.91 Å². The summed E-state index contributed by atoms with van der Waals surface area (Å²) >= 11 is 0. The summed E-state index contributed by atoms with van der Waals surface area (Å²) in [6.45, 7) is 0. The SMILES string of the molecule is O=C1CCC(c2cncc(Oc3ccccc3)c2)NN1. The minimum atomic E-state index is 0.0194. The zero-order valence-corrected chi connectivity index (χ0v) is 10.9. The molecule has 1 saturated heterocycles. The zero-order chi connectivity index (χ0) is 13.8. The molecule has 1 atom stereocenters. The molecular formula is C15H15N3O2. The summed E-state index contributed by atoms with van der Waals surface area (Å²) in [6, 6.07) is 11.6. The van der Waals surface area contributed by atoms with E-state index in [4.69, 9.17) is 4.74 Å². The van der Waals surface area contributed by atoms with E-state index in [2.05, 4.69) is 15.8 Å². The minimum Gasteiger partial charge on any atom is -0.456 e. The number of para-hydroxylation sites is 1. The summed E-state index contributed by atoms with van der Waals surface area (Å²) in [5.41, 5.74) is 6.62. The highest BCUT2D eigenvalue weighted by Crippen LogP contribution is 2.25. The van der Waals surface area contributed by atoms with Crippen molar-refractivity contribution in [2.75, 3.05) is 0 Å². The fourth-order valence-corrected chi connectivity index (χ4v) is 2.13. The first kappa shape index (κ1) is 12.6. The molecule has 3 rings (SSSR count). The van der Waals surface area contributed by atoms with Gasteiger partial charge in [-0.05, 0) is 30.2 Å². The van der Waals surface area contributed by atoms with Crippen LogP contribution in [-0.4, -0.2) is 10.9 Å². The molecule has 1 aliphatic rings. The van der Waals surface area contributed by atoms with E-state index in [0.29, 0.717) is 12.2 Å². The number of ether oxygens (including phenoxy) is 1. The van der Waals surface area contributed by atoms with Gasteiger partial charge in [-0.1, -0.05) is 18.2 Å². The van der Waals surface area contributed by atoms with Gasteiger partial charge in [0.2, 0.25) is 5.91 Å². The van der Waals surface area contributed by atoms with Crippen LogP contribution >= 0.6 is 0 Å². The van der Waals surface area contributed by atoms with Crippen molar-refractivity contribution in [2.45, 2.75) is 18.9 Å². The molecule has 2 heterocycles. The molecule has 1 fully saturated rings. The van der Waals surface area contributed by atoms with Gasteiger partial charge < -0.3 is 4.74 Å². The molecule has 0 saturated carbocycles. The molecular weight excluding hydrogens is 254 g/mol. The second-order valence-corrected chi connectivity index (χ2v) is 4.65. The van der Waals surface area contributed by atoms with Crippen molar-refractivity contribution in [1.29, 1.82) is 0 Å². The molecule has 20 heavy (non-hydrogen) atoms. The lowest BCUT2D eigenvalue weighted by atomic mass is 10.0. The maximum Gasteiger partial charge on any atom is 0.234 e. The van der Waals surface area contributed by atoms with Crippen LogP contribution < -0.4 is 15.6 Å². The van der Waals surface area contributed by atoms with Gasteiger partial charge in [0.05, 0.1) is 12.2 Å². The lowest BCUT2D eigenvalue weighted by Gasteiger charge is -2.24. The molecule has 1 aliphatic heterocycles. The number of pyridine rings is 1. The summed E-state index contributed by atoms with van der Waals surface area (Å²) in [5, 5.41) is 0. The number of benzene rings is 1. The smallest absolute Gasteiger partial charge is 0.234 e. The molecule has 1 amide bonds. The first-order chi connectivity index (χ1) is 9.81. The van der Waals surface area contributed by atoms with Gasteiger partial charge >= 0.3 is 0 Å². The molecule has 1 aromatic carbocycles. The van der Waals surface area contributed by atoms with Gasteiger partial charge in [-0.3, -0.25) is 15.2 Å². The third kappa shape index (κ3) is 2.95. The molecule has 1 aromatic heterocycles. The minimum absolute atomic E-state index is 0.0194. The summed E-state index contributed by atoms with van der Waals surface area (Å²) in [7, 11) is 0. The van der Waals surface area contributed by atoms with Gasteiger partial charge in [-0.25, -0.2) is 5.43 Å². The molecule has 2 N–H and O–H groups in total. The lowest BCUT2D eigenvalue weighted by Crippen LogP contribution is -2.44. The van der Waals surface area contributed by atoms with E-state index in [1.165, 1.54) is 0 Å². The quantitative estimate of drug-likeness (QED) is 0.897. The predicted octanol–water partition coefficient (Wildman–Crippen LogP) is 2.33. The summed E-state index contributed by atoms with van der Waals surface area (Å²) in [4.78, 5) is 15.3. The molecule has 102 valence electrons. The van der Waals surface area contributed by atoms with E-state index in [1.54, 1.807) is 12.4 Å². The number of carbonyl (C=O) groups is 1. The van der Waals surface area contributed by atoms with Crippen LogP contribution in [-0.2, 0) is 4.79 Å². The van der Waals surface area contributed by atoms with Gasteiger partial charge in [-0.2, -0.15) is 0 Å². The largest absolute Gasteiger partial charge is 0.456 e. The Bertz CT molecular complexity index is 591. The molecule has 0 spiro atoms. The van der Waals surface area contributed by atoms with E-state index in [9.17, 15) is 4.79 Å². The Morgan fingerprint density at radius 3 is 2.75 bits per heavy atom. The number of hydrogen-bond donors (Lipinski definition) is 2. The molecule has 1 unspecified atom stereocenters. The van der Waals surface area contributed by atoms with Crippen LogP contribution in [0, 0.1) is 0 Å². The zero-order valence-electron chi connectivity index (χ0n) is 10.9. The fraction of sp³-hybridized carbons (Fsp3) is 0.200. The number of carbonyl (C=O) groups excluding carboxylic acids is 1. The normalized spacial score (nSPS) is 18.4. The molecule has 2 aromatic rings. The lowest BCUT2D eigenvalue weighted by molar-refractivity contribution is -0.124. The van der Waals surface area contributed by atoms with E-state index < -0.39 is 0 Å². The van der Waals surface area contributed by atoms with Crippen molar-refractivity contribution in [1.82, 2.24) is 15.8 Å². The number of hydrazine groups is 1. The highest BCUT2D eigenvalue weighted by atomic mass is 16.5.